The zero-order chi connectivity index (χ0) is 12.1. The van der Waals surface area contributed by atoms with Crippen LogP contribution in [0.25, 0.3) is 0 Å². The normalized spacial score (nSPS) is 10.4. The summed E-state index contributed by atoms with van der Waals surface area (Å²) in [4.78, 5) is 13.4. The van der Waals surface area contributed by atoms with Crippen molar-refractivity contribution in [2.75, 3.05) is 27.2 Å². The highest BCUT2D eigenvalue weighted by Crippen LogP contribution is 2.22. The average molecular weight is 225 g/mol. The second-order valence-corrected chi connectivity index (χ2v) is 3.64. The molecule has 0 radical (unpaired) electrons. The third kappa shape index (κ3) is 3.43. The Morgan fingerprint density at radius 3 is 2.69 bits per heavy atom. The molecule has 2 N–H and O–H groups in total. The number of carbonyl (C=O) groups is 1. The maximum Gasteiger partial charge on any atom is 0.342 e. The summed E-state index contributed by atoms with van der Waals surface area (Å²) in [6, 6.07) is 3.72. The summed E-state index contributed by atoms with van der Waals surface area (Å²) in [5, 5.41) is 18.6. The zero-order valence-corrected chi connectivity index (χ0v) is 9.30. The number of benzene rings is 1. The van der Waals surface area contributed by atoms with Crippen LogP contribution < -0.4 is 0 Å². The molecule has 0 amide bonds. The Labute approximate surface area is 93.9 Å². The van der Waals surface area contributed by atoms with Gasteiger partial charge in [-0.3, -0.25) is 0 Å². The number of hydrogen-bond acceptors (Lipinski definition) is 5. The summed E-state index contributed by atoms with van der Waals surface area (Å²) in [5.41, 5.74) is -0.0289. The second-order valence-electron chi connectivity index (χ2n) is 3.64. The first-order valence-electron chi connectivity index (χ1n) is 4.84. The highest BCUT2D eigenvalue weighted by Gasteiger charge is 2.13. The predicted molar refractivity (Wildman–Crippen MR) is 58.6 cm³/mol. The standard InChI is InChI=1S/C11H15NO4/c1-12(2)5-6-16-11(15)9-7-8(13)3-4-10(9)14/h3-4,7,13-14H,5-6H2,1-2H3. The monoisotopic (exact) mass is 225 g/mol. The van der Waals surface area contributed by atoms with Crippen molar-refractivity contribution in [1.82, 2.24) is 4.90 Å². The van der Waals surface area contributed by atoms with E-state index in [0.29, 0.717) is 6.54 Å². The molecule has 5 nitrogen and oxygen atoms in total. The van der Waals surface area contributed by atoms with Crippen molar-refractivity contribution in [2.45, 2.75) is 0 Å². The molecule has 0 bridgehead atoms. The molecule has 0 fully saturated rings. The van der Waals surface area contributed by atoms with Crippen molar-refractivity contribution in [3.8, 4) is 11.5 Å². The van der Waals surface area contributed by atoms with E-state index >= 15 is 0 Å². The third-order valence-corrected chi connectivity index (χ3v) is 1.97. The van der Waals surface area contributed by atoms with Gasteiger partial charge >= 0.3 is 5.97 Å². The number of nitrogens with zero attached hydrogens (tertiary/aromatic N) is 1. The van der Waals surface area contributed by atoms with Crippen LogP contribution in [-0.4, -0.2) is 48.3 Å². The summed E-state index contributed by atoms with van der Waals surface area (Å²) in [6.07, 6.45) is 0. The van der Waals surface area contributed by atoms with Gasteiger partial charge in [0, 0.05) is 6.54 Å². The summed E-state index contributed by atoms with van der Waals surface area (Å²) >= 11 is 0. The van der Waals surface area contributed by atoms with Crippen molar-refractivity contribution in [2.24, 2.45) is 0 Å². The second kappa shape index (κ2) is 5.37. The van der Waals surface area contributed by atoms with Crippen LogP contribution in [-0.2, 0) is 4.74 Å². The van der Waals surface area contributed by atoms with Crippen LogP contribution in [0.4, 0.5) is 0 Å². The van der Waals surface area contributed by atoms with E-state index in [1.807, 2.05) is 19.0 Å². The summed E-state index contributed by atoms with van der Waals surface area (Å²) in [5.74, 6) is -0.930. The van der Waals surface area contributed by atoms with Gasteiger partial charge in [0.05, 0.1) is 0 Å². The van der Waals surface area contributed by atoms with E-state index in [0.717, 1.165) is 0 Å². The number of likely N-dealkylation sites (N-methyl/N-ethyl adjacent to an activating group) is 1. The summed E-state index contributed by atoms with van der Waals surface area (Å²) in [6.45, 7) is 0.840. The molecule has 16 heavy (non-hydrogen) atoms. The fraction of sp³-hybridized carbons (Fsp3) is 0.364. The van der Waals surface area contributed by atoms with Crippen molar-refractivity contribution in [3.63, 3.8) is 0 Å². The van der Waals surface area contributed by atoms with Crippen molar-refractivity contribution < 1.29 is 19.7 Å². The Balaban J connectivity index is 2.62. The first-order chi connectivity index (χ1) is 7.50. The van der Waals surface area contributed by atoms with E-state index in [1.54, 1.807) is 0 Å². The molecule has 0 heterocycles. The minimum absolute atomic E-state index is 0.0289. The minimum Gasteiger partial charge on any atom is -0.508 e. The molecule has 0 saturated carbocycles. The van der Waals surface area contributed by atoms with Gasteiger partial charge in [-0.25, -0.2) is 4.79 Å². The molecule has 0 atom stereocenters. The minimum atomic E-state index is -0.643. The van der Waals surface area contributed by atoms with E-state index in [2.05, 4.69) is 0 Å². The van der Waals surface area contributed by atoms with E-state index in [9.17, 15) is 15.0 Å². The van der Waals surface area contributed by atoms with Crippen LogP contribution in [0.3, 0.4) is 0 Å². The van der Waals surface area contributed by atoms with Crippen LogP contribution >= 0.6 is 0 Å². The smallest absolute Gasteiger partial charge is 0.342 e. The first kappa shape index (κ1) is 12.3. The van der Waals surface area contributed by atoms with Gasteiger partial charge in [0.25, 0.3) is 0 Å². The van der Waals surface area contributed by atoms with Gasteiger partial charge in [-0.15, -0.1) is 0 Å². The van der Waals surface area contributed by atoms with Gasteiger partial charge in [-0.1, -0.05) is 0 Å². The fourth-order valence-corrected chi connectivity index (χ4v) is 1.09. The Hall–Kier alpha value is -1.75. The Kier molecular flexibility index (Phi) is 4.13. The molecule has 0 aliphatic heterocycles. The highest BCUT2D eigenvalue weighted by molar-refractivity contribution is 5.92. The molecule has 88 valence electrons. The summed E-state index contributed by atoms with van der Waals surface area (Å²) < 4.78 is 4.92. The van der Waals surface area contributed by atoms with Gasteiger partial charge in [-0.2, -0.15) is 0 Å². The van der Waals surface area contributed by atoms with Crippen LogP contribution in [0.15, 0.2) is 18.2 Å². The van der Waals surface area contributed by atoms with Gasteiger partial charge in [0.15, 0.2) is 0 Å². The van der Waals surface area contributed by atoms with Crippen LogP contribution in [0.5, 0.6) is 11.5 Å². The molecule has 1 aromatic rings. The van der Waals surface area contributed by atoms with E-state index in [4.69, 9.17) is 4.74 Å². The number of carbonyl (C=O) groups excluding carboxylic acids is 1. The largest absolute Gasteiger partial charge is 0.508 e. The molecule has 0 saturated heterocycles. The lowest BCUT2D eigenvalue weighted by molar-refractivity contribution is 0.0478. The highest BCUT2D eigenvalue weighted by atomic mass is 16.5. The topological polar surface area (TPSA) is 70.0 Å². The van der Waals surface area contributed by atoms with E-state index in [-0.39, 0.29) is 23.7 Å². The predicted octanol–water partition coefficient (Wildman–Crippen LogP) is 0.816. The van der Waals surface area contributed by atoms with E-state index in [1.165, 1.54) is 18.2 Å². The van der Waals surface area contributed by atoms with Gasteiger partial charge in [0.2, 0.25) is 0 Å². The van der Waals surface area contributed by atoms with Crippen molar-refractivity contribution in [3.05, 3.63) is 23.8 Å². The number of ether oxygens (including phenoxy) is 1. The van der Waals surface area contributed by atoms with Gasteiger partial charge in [0.1, 0.15) is 23.7 Å². The van der Waals surface area contributed by atoms with Crippen LogP contribution in [0, 0.1) is 0 Å². The molecule has 0 unspecified atom stereocenters. The molecule has 0 spiro atoms. The number of rotatable bonds is 4. The molecule has 5 heteroatoms. The maximum absolute atomic E-state index is 11.5. The van der Waals surface area contributed by atoms with E-state index < -0.39 is 5.97 Å². The number of esters is 1. The summed E-state index contributed by atoms with van der Waals surface area (Å²) in [7, 11) is 3.72. The number of aromatic hydroxyl groups is 2. The van der Waals surface area contributed by atoms with Gasteiger partial charge < -0.3 is 19.8 Å². The maximum atomic E-state index is 11.5. The lowest BCUT2D eigenvalue weighted by Gasteiger charge is -2.10. The fourth-order valence-electron chi connectivity index (χ4n) is 1.09. The Morgan fingerprint density at radius 2 is 2.06 bits per heavy atom. The SMILES string of the molecule is CN(C)CCOC(=O)c1cc(O)ccc1O. The van der Waals surface area contributed by atoms with Crippen molar-refractivity contribution in [1.29, 1.82) is 0 Å². The lowest BCUT2D eigenvalue weighted by Crippen LogP contribution is -2.20. The van der Waals surface area contributed by atoms with Gasteiger partial charge in [-0.05, 0) is 32.3 Å². The first-order valence-corrected chi connectivity index (χ1v) is 4.84. The Morgan fingerprint density at radius 1 is 1.38 bits per heavy atom. The molecule has 1 aromatic carbocycles. The molecular formula is C11H15NO4. The molecular weight excluding hydrogens is 210 g/mol. The average Bonchev–Trinajstić information content (AvgIpc) is 2.21. The van der Waals surface area contributed by atoms with Crippen molar-refractivity contribution >= 4 is 5.97 Å². The van der Waals surface area contributed by atoms with Crippen LogP contribution in [0.2, 0.25) is 0 Å². The quantitative estimate of drug-likeness (QED) is 0.586. The number of phenols is 2. The zero-order valence-electron chi connectivity index (χ0n) is 9.30. The van der Waals surface area contributed by atoms with Crippen LogP contribution in [0.1, 0.15) is 10.4 Å². The molecule has 1 rings (SSSR count). The molecule has 0 aliphatic carbocycles. The number of hydrogen-bond donors (Lipinski definition) is 2. The molecule has 0 aromatic heterocycles. The Bertz CT molecular complexity index is 376. The molecule has 0 aliphatic rings. The number of phenolic OH excluding ortho intramolecular Hbond substituents is 2. The third-order valence-electron chi connectivity index (χ3n) is 1.97. The lowest BCUT2D eigenvalue weighted by atomic mass is 10.2.